The summed E-state index contributed by atoms with van der Waals surface area (Å²) in [6.45, 7) is 0.296. The fraction of sp³-hybridized carbons (Fsp3) is 0.0769. The van der Waals surface area contributed by atoms with Crippen molar-refractivity contribution in [3.8, 4) is 22.9 Å². The lowest BCUT2D eigenvalue weighted by molar-refractivity contribution is -0.384. The van der Waals surface area contributed by atoms with E-state index in [0.29, 0.717) is 29.5 Å². The Morgan fingerprint density at radius 3 is 2.71 bits per heavy atom. The molecule has 3 aromatic heterocycles. The van der Waals surface area contributed by atoms with Gasteiger partial charge in [0.1, 0.15) is 12.4 Å². The molecule has 0 radical (unpaired) electrons. The van der Waals surface area contributed by atoms with Gasteiger partial charge in [0.2, 0.25) is 5.65 Å². The highest BCUT2D eigenvalue weighted by molar-refractivity contribution is 6.01. The van der Waals surface area contributed by atoms with Crippen LogP contribution in [0.3, 0.4) is 0 Å². The molecule has 0 unspecified atom stereocenters. The summed E-state index contributed by atoms with van der Waals surface area (Å²) in [5.74, 6) is 0.648. The van der Waals surface area contributed by atoms with Crippen molar-refractivity contribution in [3.05, 3.63) is 101 Å². The van der Waals surface area contributed by atoms with Gasteiger partial charge in [-0.3, -0.25) is 15.1 Å². The van der Waals surface area contributed by atoms with E-state index in [1.54, 1.807) is 43.0 Å². The molecule has 0 aliphatic carbocycles. The first-order valence-corrected chi connectivity index (χ1v) is 11.4. The van der Waals surface area contributed by atoms with Crippen molar-refractivity contribution < 1.29 is 19.2 Å². The van der Waals surface area contributed by atoms with Crippen molar-refractivity contribution in [2.24, 2.45) is 0 Å². The van der Waals surface area contributed by atoms with Gasteiger partial charge < -0.3 is 24.5 Å². The summed E-state index contributed by atoms with van der Waals surface area (Å²) >= 11 is 0. The van der Waals surface area contributed by atoms with Gasteiger partial charge in [0, 0.05) is 54.4 Å². The third-order valence-corrected chi connectivity index (χ3v) is 5.53. The number of urea groups is 1. The number of amides is 2. The first-order chi connectivity index (χ1) is 18.5. The van der Waals surface area contributed by atoms with Gasteiger partial charge in [-0.15, -0.1) is 0 Å². The Balaban J connectivity index is 1.36. The number of imidazole rings is 1. The van der Waals surface area contributed by atoms with Crippen LogP contribution in [0.15, 0.2) is 85.6 Å². The molecular formula is C26H21N7O5. The first-order valence-electron chi connectivity index (χ1n) is 11.4. The number of fused-ring (bicyclic) bond motifs is 1. The lowest BCUT2D eigenvalue weighted by atomic mass is 10.1. The molecule has 0 saturated carbocycles. The van der Waals surface area contributed by atoms with Gasteiger partial charge in [0.25, 0.3) is 11.6 Å². The number of nitro benzene ring substituents is 1. The number of nitrogens with one attached hydrogen (secondary N) is 2. The van der Waals surface area contributed by atoms with Gasteiger partial charge >= 0.3 is 6.03 Å². The Morgan fingerprint density at radius 1 is 1.08 bits per heavy atom. The second-order valence-electron chi connectivity index (χ2n) is 8.04. The number of aromatic nitrogens is 4. The van der Waals surface area contributed by atoms with Crippen LogP contribution in [0.5, 0.6) is 11.6 Å². The lowest BCUT2D eigenvalue weighted by Crippen LogP contribution is -2.20. The van der Waals surface area contributed by atoms with Crippen molar-refractivity contribution in [2.75, 3.05) is 17.7 Å². The minimum absolute atomic E-state index is 0.165. The molecule has 2 N–H and O–H groups in total. The van der Waals surface area contributed by atoms with E-state index >= 15 is 0 Å². The molecule has 0 aliphatic heterocycles. The minimum Gasteiger partial charge on any atom is -0.495 e. The number of ether oxygens (including phenoxy) is 2. The van der Waals surface area contributed by atoms with E-state index < -0.39 is 11.0 Å². The lowest BCUT2D eigenvalue weighted by Gasteiger charge is -2.12. The van der Waals surface area contributed by atoms with Crippen LogP contribution >= 0.6 is 0 Å². The van der Waals surface area contributed by atoms with Crippen LogP contribution in [0.2, 0.25) is 0 Å². The standard InChI is InChI=1S/C26H21N7O5/c1-37-23-6-5-20(33(35)36)14-21(23)31-26(34)29-19-4-2-3-18(13-19)22-15-32-12-11-28-24(32)25(30-22)38-16-17-7-9-27-10-8-17/h2-15H,16H2,1H3,(H2,29,31,34). The molecule has 12 nitrogen and oxygen atoms in total. The molecule has 12 heteroatoms. The number of carbonyl (C=O) groups excluding carboxylic acids is 1. The Bertz CT molecular complexity index is 1620. The number of carbonyl (C=O) groups is 1. The third kappa shape index (κ3) is 5.33. The van der Waals surface area contributed by atoms with Gasteiger partial charge in [-0.25, -0.2) is 14.8 Å². The highest BCUT2D eigenvalue weighted by atomic mass is 16.6. The third-order valence-electron chi connectivity index (χ3n) is 5.53. The Kier molecular flexibility index (Phi) is 6.76. The Hall–Kier alpha value is -5.52. The van der Waals surface area contributed by atoms with E-state index in [-0.39, 0.29) is 17.1 Å². The molecule has 3 heterocycles. The van der Waals surface area contributed by atoms with Crippen molar-refractivity contribution in [3.63, 3.8) is 0 Å². The number of non-ortho nitro benzene ring substituents is 1. The maximum absolute atomic E-state index is 12.7. The van der Waals surface area contributed by atoms with Crippen LogP contribution in [0, 0.1) is 10.1 Å². The highest BCUT2D eigenvalue weighted by Gasteiger charge is 2.15. The monoisotopic (exact) mass is 511 g/mol. The van der Waals surface area contributed by atoms with E-state index in [1.165, 1.54) is 25.3 Å². The molecule has 0 fully saturated rings. The number of anilines is 2. The zero-order valence-electron chi connectivity index (χ0n) is 20.1. The number of hydrogen-bond donors (Lipinski definition) is 2. The van der Waals surface area contributed by atoms with Crippen LogP contribution in [-0.4, -0.2) is 37.4 Å². The van der Waals surface area contributed by atoms with Crippen molar-refractivity contribution >= 4 is 28.7 Å². The highest BCUT2D eigenvalue weighted by Crippen LogP contribution is 2.30. The van der Waals surface area contributed by atoms with Gasteiger partial charge in [-0.1, -0.05) is 12.1 Å². The number of pyridine rings is 1. The van der Waals surface area contributed by atoms with Crippen LogP contribution in [0.1, 0.15) is 5.56 Å². The van der Waals surface area contributed by atoms with E-state index in [9.17, 15) is 14.9 Å². The molecule has 0 atom stereocenters. The van der Waals surface area contributed by atoms with Gasteiger partial charge in [0.05, 0.1) is 23.4 Å². The number of hydrogen-bond acceptors (Lipinski definition) is 8. The number of nitro groups is 1. The molecule has 0 saturated heterocycles. The van der Waals surface area contributed by atoms with E-state index in [2.05, 4.69) is 25.6 Å². The van der Waals surface area contributed by atoms with Crippen LogP contribution in [0.25, 0.3) is 16.9 Å². The summed E-state index contributed by atoms with van der Waals surface area (Å²) in [5, 5.41) is 16.4. The molecule has 2 amide bonds. The summed E-state index contributed by atoms with van der Waals surface area (Å²) in [5.41, 5.74) is 3.31. The van der Waals surface area contributed by atoms with Gasteiger partial charge in [-0.05, 0) is 35.9 Å². The largest absolute Gasteiger partial charge is 0.495 e. The topological polar surface area (TPSA) is 146 Å². The molecule has 5 aromatic rings. The predicted molar refractivity (Wildman–Crippen MR) is 139 cm³/mol. The number of rotatable bonds is 8. The van der Waals surface area contributed by atoms with Crippen molar-refractivity contribution in [1.82, 2.24) is 19.4 Å². The van der Waals surface area contributed by atoms with Crippen LogP contribution in [0.4, 0.5) is 21.9 Å². The molecule has 2 aromatic carbocycles. The van der Waals surface area contributed by atoms with E-state index in [0.717, 1.165) is 11.1 Å². The molecule has 190 valence electrons. The average molecular weight is 511 g/mol. The zero-order valence-corrected chi connectivity index (χ0v) is 20.1. The molecule has 38 heavy (non-hydrogen) atoms. The summed E-state index contributed by atoms with van der Waals surface area (Å²) in [6, 6.07) is 14.1. The number of methoxy groups -OCH3 is 1. The SMILES string of the molecule is COc1ccc([N+](=O)[O-])cc1NC(=O)Nc1cccc(-c2cn3ccnc3c(OCc3ccncc3)n2)c1. The molecule has 0 spiro atoms. The predicted octanol–water partition coefficient (Wildman–Crippen LogP) is 4.93. The van der Waals surface area contributed by atoms with Crippen LogP contribution < -0.4 is 20.1 Å². The van der Waals surface area contributed by atoms with Crippen molar-refractivity contribution in [1.29, 1.82) is 0 Å². The number of nitrogens with zero attached hydrogens (tertiary/aromatic N) is 5. The minimum atomic E-state index is -0.597. The summed E-state index contributed by atoms with van der Waals surface area (Å²) < 4.78 is 13.0. The van der Waals surface area contributed by atoms with E-state index in [4.69, 9.17) is 9.47 Å². The van der Waals surface area contributed by atoms with Gasteiger partial charge in [-0.2, -0.15) is 0 Å². The molecule has 5 rings (SSSR count). The average Bonchev–Trinajstić information content (AvgIpc) is 3.41. The summed E-state index contributed by atoms with van der Waals surface area (Å²) in [6.07, 6.45) is 8.65. The molecule has 0 aliphatic rings. The maximum atomic E-state index is 12.7. The first kappa shape index (κ1) is 24.2. The van der Waals surface area contributed by atoms with Crippen LogP contribution in [-0.2, 0) is 6.61 Å². The molecular weight excluding hydrogens is 490 g/mol. The van der Waals surface area contributed by atoms with Gasteiger partial charge in [0.15, 0.2) is 0 Å². The van der Waals surface area contributed by atoms with Crippen molar-refractivity contribution in [2.45, 2.75) is 6.61 Å². The fourth-order valence-electron chi connectivity index (χ4n) is 3.72. The Morgan fingerprint density at radius 2 is 1.92 bits per heavy atom. The fourth-order valence-corrected chi connectivity index (χ4v) is 3.72. The summed E-state index contributed by atoms with van der Waals surface area (Å²) in [7, 11) is 1.41. The second-order valence-corrected chi connectivity index (χ2v) is 8.04. The second kappa shape index (κ2) is 10.6. The Labute approximate surface area is 216 Å². The number of benzene rings is 2. The summed E-state index contributed by atoms with van der Waals surface area (Å²) in [4.78, 5) is 36.3. The smallest absolute Gasteiger partial charge is 0.323 e. The molecule has 0 bridgehead atoms. The quantitative estimate of drug-likeness (QED) is 0.220. The normalized spacial score (nSPS) is 10.7. The van der Waals surface area contributed by atoms with E-state index in [1.807, 2.05) is 28.8 Å². The maximum Gasteiger partial charge on any atom is 0.323 e. The zero-order chi connectivity index (χ0) is 26.5.